The standard InChI is InChI=1S/C20H17N3O6S/c1-2-28-20(25)29-16-11-21-18-17(16)14-10-12(8-9-15(14)22-19(18)24)23-30(26,27)13-6-4-3-5-7-13/h3-11,21,23H,2H2,1H3,(H,22,24). The minimum absolute atomic E-state index is 0.0996. The lowest BCUT2D eigenvalue weighted by molar-refractivity contribution is 0.105. The molecule has 0 aliphatic heterocycles. The Morgan fingerprint density at radius 3 is 2.63 bits per heavy atom. The van der Waals surface area contributed by atoms with Gasteiger partial charge < -0.3 is 19.4 Å². The number of carbonyl (C=O) groups is 1. The van der Waals surface area contributed by atoms with Gasteiger partial charge in [0.2, 0.25) is 0 Å². The fourth-order valence-electron chi connectivity index (χ4n) is 3.09. The van der Waals surface area contributed by atoms with Gasteiger partial charge in [0.15, 0.2) is 5.75 Å². The summed E-state index contributed by atoms with van der Waals surface area (Å²) in [6, 6.07) is 12.6. The first kappa shape index (κ1) is 19.5. The maximum atomic E-state index is 12.6. The van der Waals surface area contributed by atoms with Gasteiger partial charge >= 0.3 is 6.16 Å². The lowest BCUT2D eigenvalue weighted by Gasteiger charge is -2.10. The van der Waals surface area contributed by atoms with Gasteiger partial charge in [-0.25, -0.2) is 13.2 Å². The third-order valence-electron chi connectivity index (χ3n) is 4.37. The smallest absolute Gasteiger partial charge is 0.434 e. The lowest BCUT2D eigenvalue weighted by atomic mass is 10.1. The molecular formula is C20H17N3O6S. The van der Waals surface area contributed by atoms with E-state index in [-0.39, 0.29) is 28.5 Å². The van der Waals surface area contributed by atoms with E-state index < -0.39 is 21.7 Å². The zero-order valence-corrected chi connectivity index (χ0v) is 16.6. The van der Waals surface area contributed by atoms with E-state index in [0.29, 0.717) is 16.3 Å². The number of benzene rings is 2. The summed E-state index contributed by atoms with van der Waals surface area (Å²) >= 11 is 0. The molecule has 2 aromatic carbocycles. The Morgan fingerprint density at radius 1 is 1.13 bits per heavy atom. The number of nitrogens with one attached hydrogen (secondary N) is 3. The summed E-state index contributed by atoms with van der Waals surface area (Å²) in [7, 11) is -3.80. The first-order chi connectivity index (χ1) is 14.4. The molecule has 3 N–H and O–H groups in total. The van der Waals surface area contributed by atoms with Crippen molar-refractivity contribution in [3.05, 3.63) is 65.1 Å². The number of H-pyrrole nitrogens is 2. The molecule has 0 unspecified atom stereocenters. The summed E-state index contributed by atoms with van der Waals surface area (Å²) < 4.78 is 37.8. The number of sulfonamides is 1. The minimum Gasteiger partial charge on any atom is -0.434 e. The number of hydrogen-bond acceptors (Lipinski definition) is 6. The fourth-order valence-corrected chi connectivity index (χ4v) is 4.16. The zero-order valence-electron chi connectivity index (χ0n) is 15.8. The molecule has 0 saturated carbocycles. The average Bonchev–Trinajstić information content (AvgIpc) is 3.14. The number of aromatic amines is 2. The van der Waals surface area contributed by atoms with Crippen LogP contribution in [0.1, 0.15) is 6.92 Å². The molecule has 0 aliphatic rings. The van der Waals surface area contributed by atoms with Crippen molar-refractivity contribution in [2.75, 3.05) is 11.3 Å². The van der Waals surface area contributed by atoms with Gasteiger partial charge in [0.25, 0.3) is 15.6 Å². The average molecular weight is 427 g/mol. The van der Waals surface area contributed by atoms with Crippen LogP contribution in [0.15, 0.2) is 64.4 Å². The van der Waals surface area contributed by atoms with Crippen molar-refractivity contribution in [2.45, 2.75) is 11.8 Å². The van der Waals surface area contributed by atoms with Crippen molar-refractivity contribution in [2.24, 2.45) is 0 Å². The largest absolute Gasteiger partial charge is 0.513 e. The molecule has 154 valence electrons. The number of aromatic nitrogens is 2. The zero-order chi connectivity index (χ0) is 21.3. The Morgan fingerprint density at radius 2 is 1.90 bits per heavy atom. The second-order valence-corrected chi connectivity index (χ2v) is 8.00. The Labute approximate surface area is 170 Å². The first-order valence-electron chi connectivity index (χ1n) is 8.98. The minimum atomic E-state index is -3.80. The number of hydrogen-bond donors (Lipinski definition) is 3. The van der Waals surface area contributed by atoms with E-state index in [2.05, 4.69) is 14.7 Å². The lowest BCUT2D eigenvalue weighted by Crippen LogP contribution is -2.13. The van der Waals surface area contributed by atoms with E-state index in [0.717, 1.165) is 0 Å². The predicted molar refractivity (Wildman–Crippen MR) is 111 cm³/mol. The summed E-state index contributed by atoms with van der Waals surface area (Å²) in [5.74, 6) is 0.0996. The second-order valence-electron chi connectivity index (χ2n) is 6.32. The summed E-state index contributed by atoms with van der Waals surface area (Å²) in [5, 5.41) is 0.820. The predicted octanol–water partition coefficient (Wildman–Crippen LogP) is 3.35. The van der Waals surface area contributed by atoms with E-state index in [1.165, 1.54) is 24.4 Å². The van der Waals surface area contributed by atoms with E-state index in [9.17, 15) is 18.0 Å². The van der Waals surface area contributed by atoms with Crippen LogP contribution >= 0.6 is 0 Å². The Bertz CT molecular complexity index is 1410. The molecule has 4 rings (SSSR count). The van der Waals surface area contributed by atoms with E-state index in [1.807, 2.05) is 0 Å². The number of ether oxygens (including phenoxy) is 2. The molecule has 2 aromatic heterocycles. The molecule has 0 fully saturated rings. The topological polar surface area (TPSA) is 130 Å². The van der Waals surface area contributed by atoms with Crippen molar-refractivity contribution in [1.29, 1.82) is 0 Å². The molecule has 4 aromatic rings. The van der Waals surface area contributed by atoms with Crippen molar-refractivity contribution >= 4 is 43.7 Å². The highest BCUT2D eigenvalue weighted by atomic mass is 32.2. The molecule has 0 saturated heterocycles. The van der Waals surface area contributed by atoms with Gasteiger partial charge in [0, 0.05) is 22.8 Å². The van der Waals surface area contributed by atoms with Crippen LogP contribution < -0.4 is 15.0 Å². The van der Waals surface area contributed by atoms with Crippen molar-refractivity contribution in [3.8, 4) is 5.75 Å². The SMILES string of the molecule is CCOC(=O)Oc1c[nH]c2c(=O)[nH]c3ccc(NS(=O)(=O)c4ccccc4)cc3c12. The Balaban J connectivity index is 1.82. The van der Waals surface area contributed by atoms with Crippen molar-refractivity contribution < 1.29 is 22.7 Å². The van der Waals surface area contributed by atoms with E-state index in [1.54, 1.807) is 37.3 Å². The molecule has 0 radical (unpaired) electrons. The molecule has 0 bridgehead atoms. The molecule has 10 heteroatoms. The maximum Gasteiger partial charge on any atom is 0.513 e. The van der Waals surface area contributed by atoms with Gasteiger partial charge in [-0.05, 0) is 37.3 Å². The number of anilines is 1. The van der Waals surface area contributed by atoms with Crippen LogP contribution in [0.2, 0.25) is 0 Å². The third-order valence-corrected chi connectivity index (χ3v) is 5.77. The van der Waals surface area contributed by atoms with Gasteiger partial charge in [-0.3, -0.25) is 9.52 Å². The van der Waals surface area contributed by atoms with E-state index >= 15 is 0 Å². The van der Waals surface area contributed by atoms with Crippen LogP contribution in [-0.2, 0) is 14.8 Å². The number of pyridine rings is 1. The highest BCUT2D eigenvalue weighted by molar-refractivity contribution is 7.92. The van der Waals surface area contributed by atoms with Crippen LogP contribution in [0.25, 0.3) is 21.8 Å². The third kappa shape index (κ3) is 3.60. The number of rotatable bonds is 5. The number of fused-ring (bicyclic) bond motifs is 3. The van der Waals surface area contributed by atoms with E-state index in [4.69, 9.17) is 9.47 Å². The summed E-state index contributed by atoms with van der Waals surface area (Å²) in [4.78, 5) is 29.7. The molecule has 0 amide bonds. The van der Waals surface area contributed by atoms with Crippen LogP contribution in [0, 0.1) is 0 Å². The van der Waals surface area contributed by atoms with Gasteiger partial charge in [-0.15, -0.1) is 0 Å². The molecule has 2 heterocycles. The summed E-state index contributed by atoms with van der Waals surface area (Å²) in [6.45, 7) is 1.77. The van der Waals surface area contributed by atoms with Crippen LogP contribution in [0.4, 0.5) is 10.5 Å². The Hall–Kier alpha value is -3.79. The van der Waals surface area contributed by atoms with Crippen LogP contribution in [0.3, 0.4) is 0 Å². The molecule has 0 spiro atoms. The second kappa shape index (κ2) is 7.56. The molecule has 30 heavy (non-hydrogen) atoms. The van der Waals surface area contributed by atoms with Gasteiger partial charge in [0.05, 0.1) is 16.9 Å². The van der Waals surface area contributed by atoms with Gasteiger partial charge in [-0.1, -0.05) is 18.2 Å². The fraction of sp³-hybridized carbons (Fsp3) is 0.100. The van der Waals surface area contributed by atoms with Gasteiger partial charge in [0.1, 0.15) is 5.52 Å². The van der Waals surface area contributed by atoms with Gasteiger partial charge in [-0.2, -0.15) is 0 Å². The molecule has 0 atom stereocenters. The first-order valence-corrected chi connectivity index (χ1v) is 10.5. The quantitative estimate of drug-likeness (QED) is 0.419. The van der Waals surface area contributed by atoms with Crippen LogP contribution in [-0.4, -0.2) is 31.1 Å². The molecular weight excluding hydrogens is 410 g/mol. The van der Waals surface area contributed by atoms with Crippen molar-refractivity contribution in [3.63, 3.8) is 0 Å². The summed E-state index contributed by atoms with van der Waals surface area (Å²) in [6.07, 6.45) is 0.463. The summed E-state index contributed by atoms with van der Waals surface area (Å²) in [5.41, 5.74) is 0.505. The maximum absolute atomic E-state index is 12.6. The normalized spacial score (nSPS) is 11.5. The van der Waals surface area contributed by atoms with Crippen LogP contribution in [0.5, 0.6) is 5.75 Å². The molecule has 9 nitrogen and oxygen atoms in total. The Kier molecular flexibility index (Phi) is 4.92. The monoisotopic (exact) mass is 427 g/mol. The number of carbonyl (C=O) groups excluding carboxylic acids is 1. The highest BCUT2D eigenvalue weighted by Crippen LogP contribution is 2.32. The highest BCUT2D eigenvalue weighted by Gasteiger charge is 2.18. The van der Waals surface area contributed by atoms with Crippen molar-refractivity contribution in [1.82, 2.24) is 9.97 Å². The molecule has 0 aliphatic carbocycles.